The highest BCUT2D eigenvalue weighted by Gasteiger charge is 2.12. The predicted molar refractivity (Wildman–Crippen MR) is 103 cm³/mol. The van der Waals surface area contributed by atoms with Crippen LogP contribution in [0.3, 0.4) is 0 Å². The number of nitrogens with one attached hydrogen (secondary N) is 1. The maximum absolute atomic E-state index is 12.4. The van der Waals surface area contributed by atoms with Crippen LogP contribution in [0.25, 0.3) is 0 Å². The van der Waals surface area contributed by atoms with E-state index in [4.69, 9.17) is 4.52 Å². The molecule has 0 saturated carbocycles. The first-order chi connectivity index (χ1) is 12.6. The van der Waals surface area contributed by atoms with Crippen LogP contribution >= 0.6 is 11.8 Å². The van der Waals surface area contributed by atoms with Crippen molar-refractivity contribution in [2.24, 2.45) is 0 Å². The van der Waals surface area contributed by atoms with Crippen LogP contribution < -0.4 is 5.32 Å². The molecule has 0 unspecified atom stereocenters. The number of nitrogens with zero attached hydrogens (tertiary/aromatic N) is 2. The van der Waals surface area contributed by atoms with E-state index in [0.717, 1.165) is 26.9 Å². The van der Waals surface area contributed by atoms with Crippen molar-refractivity contribution >= 4 is 23.4 Å². The van der Waals surface area contributed by atoms with Crippen LogP contribution in [0.5, 0.6) is 0 Å². The van der Waals surface area contributed by atoms with Gasteiger partial charge in [-0.1, -0.05) is 47.3 Å². The Morgan fingerprint density at radius 2 is 1.88 bits per heavy atom. The Labute approximate surface area is 157 Å². The van der Waals surface area contributed by atoms with Gasteiger partial charge in [0.25, 0.3) is 0 Å². The van der Waals surface area contributed by atoms with E-state index in [1.807, 2.05) is 67.4 Å². The molecule has 1 N–H and O–H groups in total. The van der Waals surface area contributed by atoms with Gasteiger partial charge in [-0.2, -0.15) is 0 Å². The summed E-state index contributed by atoms with van der Waals surface area (Å²) < 4.78 is 5.06. The SMILES string of the molecule is Cc1cc(CN(C)CC(=O)Nc2ccccc2Sc2ccccc2)no1. The minimum Gasteiger partial charge on any atom is -0.361 e. The van der Waals surface area contributed by atoms with Crippen molar-refractivity contribution in [1.29, 1.82) is 0 Å². The molecule has 3 rings (SSSR count). The number of likely N-dealkylation sites (N-methyl/N-ethyl adjacent to an activating group) is 1. The normalized spacial score (nSPS) is 10.9. The van der Waals surface area contributed by atoms with Crippen LogP contribution in [0.2, 0.25) is 0 Å². The van der Waals surface area contributed by atoms with Gasteiger partial charge in [0.15, 0.2) is 0 Å². The van der Waals surface area contributed by atoms with Crippen LogP contribution in [-0.2, 0) is 11.3 Å². The second-order valence-electron chi connectivity index (χ2n) is 6.06. The van der Waals surface area contributed by atoms with Gasteiger partial charge in [0.2, 0.25) is 5.91 Å². The Morgan fingerprint density at radius 3 is 2.62 bits per heavy atom. The van der Waals surface area contributed by atoms with E-state index in [1.54, 1.807) is 11.8 Å². The van der Waals surface area contributed by atoms with Crippen molar-refractivity contribution < 1.29 is 9.32 Å². The summed E-state index contributed by atoms with van der Waals surface area (Å²) in [6, 6.07) is 19.8. The lowest BCUT2D eigenvalue weighted by Gasteiger charge is -2.16. The highest BCUT2D eigenvalue weighted by atomic mass is 32.2. The molecule has 0 radical (unpaired) electrons. The Morgan fingerprint density at radius 1 is 1.15 bits per heavy atom. The van der Waals surface area contributed by atoms with Gasteiger partial charge in [0.1, 0.15) is 5.76 Å². The van der Waals surface area contributed by atoms with E-state index in [0.29, 0.717) is 6.54 Å². The van der Waals surface area contributed by atoms with Gasteiger partial charge >= 0.3 is 0 Å². The van der Waals surface area contributed by atoms with Gasteiger partial charge in [-0.25, -0.2) is 0 Å². The number of hydrogen-bond acceptors (Lipinski definition) is 5. The molecule has 6 heteroatoms. The number of aryl methyl sites for hydroxylation is 1. The molecule has 5 nitrogen and oxygen atoms in total. The molecule has 1 aromatic heterocycles. The van der Waals surface area contributed by atoms with E-state index < -0.39 is 0 Å². The third-order valence-electron chi connectivity index (χ3n) is 3.65. The quantitative estimate of drug-likeness (QED) is 0.678. The Hall–Kier alpha value is -2.57. The summed E-state index contributed by atoms with van der Waals surface area (Å²) in [5, 5.41) is 6.96. The Kier molecular flexibility index (Phi) is 6.09. The van der Waals surface area contributed by atoms with Gasteiger partial charge in [-0.15, -0.1) is 0 Å². The molecule has 0 fully saturated rings. The van der Waals surface area contributed by atoms with Crippen LogP contribution in [0.4, 0.5) is 5.69 Å². The lowest BCUT2D eigenvalue weighted by molar-refractivity contribution is -0.117. The summed E-state index contributed by atoms with van der Waals surface area (Å²) >= 11 is 1.63. The fraction of sp³-hybridized carbons (Fsp3) is 0.200. The first-order valence-corrected chi connectivity index (χ1v) is 9.14. The zero-order chi connectivity index (χ0) is 18.4. The molecule has 1 heterocycles. The molecule has 26 heavy (non-hydrogen) atoms. The molecule has 0 aliphatic heterocycles. The van der Waals surface area contributed by atoms with Crippen molar-refractivity contribution in [2.75, 3.05) is 18.9 Å². The predicted octanol–water partition coefficient (Wildman–Crippen LogP) is 4.20. The summed E-state index contributed by atoms with van der Waals surface area (Å²) in [4.78, 5) is 16.5. The van der Waals surface area contributed by atoms with E-state index in [-0.39, 0.29) is 12.5 Å². The first kappa shape index (κ1) is 18.2. The smallest absolute Gasteiger partial charge is 0.238 e. The monoisotopic (exact) mass is 367 g/mol. The van der Waals surface area contributed by atoms with E-state index in [1.165, 1.54) is 0 Å². The van der Waals surface area contributed by atoms with Crippen molar-refractivity contribution in [2.45, 2.75) is 23.3 Å². The number of carbonyl (C=O) groups is 1. The van der Waals surface area contributed by atoms with Crippen molar-refractivity contribution in [1.82, 2.24) is 10.1 Å². The summed E-state index contributed by atoms with van der Waals surface area (Å²) in [6.45, 7) is 2.69. The first-order valence-electron chi connectivity index (χ1n) is 8.32. The molecule has 1 amide bonds. The summed E-state index contributed by atoms with van der Waals surface area (Å²) in [6.07, 6.45) is 0. The van der Waals surface area contributed by atoms with Crippen molar-refractivity contribution in [3.8, 4) is 0 Å². The molecule has 0 bridgehead atoms. The van der Waals surface area contributed by atoms with Gasteiger partial charge in [0, 0.05) is 22.4 Å². The van der Waals surface area contributed by atoms with Crippen molar-refractivity contribution in [3.05, 3.63) is 72.1 Å². The average molecular weight is 367 g/mol. The number of anilines is 1. The fourth-order valence-corrected chi connectivity index (χ4v) is 3.46. The fourth-order valence-electron chi connectivity index (χ4n) is 2.53. The van der Waals surface area contributed by atoms with Crippen LogP contribution in [-0.4, -0.2) is 29.6 Å². The molecular weight excluding hydrogens is 346 g/mol. The van der Waals surface area contributed by atoms with Gasteiger partial charge in [-0.05, 0) is 38.2 Å². The molecule has 2 aromatic carbocycles. The third kappa shape index (κ3) is 5.21. The molecule has 0 aliphatic rings. The Bertz CT molecular complexity index is 864. The molecule has 0 aliphatic carbocycles. The number of para-hydroxylation sites is 1. The maximum atomic E-state index is 12.4. The standard InChI is InChI=1S/C20H21N3O2S/c1-15-12-16(22-25-15)13-23(2)14-20(24)21-18-10-6-7-11-19(18)26-17-8-4-3-5-9-17/h3-12H,13-14H2,1-2H3,(H,21,24). The van der Waals surface area contributed by atoms with Gasteiger partial charge < -0.3 is 9.84 Å². The molecule has 3 aromatic rings. The summed E-state index contributed by atoms with van der Waals surface area (Å²) in [5.41, 5.74) is 1.63. The minimum absolute atomic E-state index is 0.0613. The van der Waals surface area contributed by atoms with Crippen LogP contribution in [0.15, 0.2) is 75.0 Å². The van der Waals surface area contributed by atoms with E-state index in [2.05, 4.69) is 22.6 Å². The third-order valence-corrected chi connectivity index (χ3v) is 4.74. The molecule has 0 spiro atoms. The topological polar surface area (TPSA) is 58.4 Å². The lowest BCUT2D eigenvalue weighted by Crippen LogP contribution is -2.30. The summed E-state index contributed by atoms with van der Waals surface area (Å²) in [7, 11) is 1.88. The van der Waals surface area contributed by atoms with Crippen LogP contribution in [0.1, 0.15) is 11.5 Å². The number of hydrogen-bond donors (Lipinski definition) is 1. The summed E-state index contributed by atoms with van der Waals surface area (Å²) in [5.74, 6) is 0.707. The van der Waals surface area contributed by atoms with Gasteiger partial charge in [-0.3, -0.25) is 9.69 Å². The molecule has 134 valence electrons. The maximum Gasteiger partial charge on any atom is 0.238 e. The number of carbonyl (C=O) groups excluding carboxylic acids is 1. The highest BCUT2D eigenvalue weighted by Crippen LogP contribution is 2.33. The second-order valence-corrected chi connectivity index (χ2v) is 7.18. The number of benzene rings is 2. The second kappa shape index (κ2) is 8.69. The highest BCUT2D eigenvalue weighted by molar-refractivity contribution is 7.99. The zero-order valence-electron chi connectivity index (χ0n) is 14.8. The lowest BCUT2D eigenvalue weighted by atomic mass is 10.3. The average Bonchev–Trinajstić information content (AvgIpc) is 3.02. The number of amides is 1. The molecular formula is C20H21N3O2S. The molecule has 0 saturated heterocycles. The van der Waals surface area contributed by atoms with E-state index in [9.17, 15) is 4.79 Å². The largest absolute Gasteiger partial charge is 0.361 e. The number of aromatic nitrogens is 1. The minimum atomic E-state index is -0.0613. The van der Waals surface area contributed by atoms with Gasteiger partial charge in [0.05, 0.1) is 17.9 Å². The van der Waals surface area contributed by atoms with E-state index >= 15 is 0 Å². The molecule has 0 atom stereocenters. The number of rotatable bonds is 7. The van der Waals surface area contributed by atoms with Crippen LogP contribution in [0, 0.1) is 6.92 Å². The van der Waals surface area contributed by atoms with Crippen molar-refractivity contribution in [3.63, 3.8) is 0 Å². The zero-order valence-corrected chi connectivity index (χ0v) is 15.6. The Balaban J connectivity index is 1.60.